The number of hydrogen-bond acceptors (Lipinski definition) is 7. The maximum atomic E-state index is 13.1. The number of nitrogen functional groups attached to an aromatic ring is 1. The molecule has 0 radical (unpaired) electrons. The summed E-state index contributed by atoms with van der Waals surface area (Å²) in [5.41, 5.74) is 7.71. The number of rotatable bonds is 10. The number of nitrogens with one attached hydrogen (secondary N) is 2. The molecule has 0 unspecified atom stereocenters. The Balaban J connectivity index is 1.67. The maximum absolute atomic E-state index is 13.1. The van der Waals surface area contributed by atoms with Crippen molar-refractivity contribution in [3.8, 4) is 17.2 Å². The fourth-order valence-corrected chi connectivity index (χ4v) is 4.09. The standard InChI is InChI=1S/C31H28BrN3O6/c1-39-27-16-11-20(19-26(27)36)30(41-31(38)34-22-14-12-21(32)13-15-22)28(40-23-7-3-2-4-8-23)17-18-29(37)35-25-10-6-5-9-24(25)33/h2-19,28,30,36H,33H2,1H3,(H,34,38)(H,35,37)/b18-17+/t28-,30-/m0/s1. The number of methoxy groups -OCH3 is 1. The predicted molar refractivity (Wildman–Crippen MR) is 161 cm³/mol. The number of para-hydroxylation sites is 3. The van der Waals surface area contributed by atoms with Crippen LogP contribution in [0.4, 0.5) is 21.9 Å². The van der Waals surface area contributed by atoms with E-state index >= 15 is 0 Å². The zero-order valence-corrected chi connectivity index (χ0v) is 23.6. The van der Waals surface area contributed by atoms with E-state index in [1.807, 2.05) is 6.07 Å². The number of ether oxygens (including phenoxy) is 3. The monoisotopic (exact) mass is 617 g/mol. The van der Waals surface area contributed by atoms with Crippen LogP contribution in [0.1, 0.15) is 11.7 Å². The minimum atomic E-state index is -1.10. The van der Waals surface area contributed by atoms with Crippen molar-refractivity contribution >= 4 is 45.0 Å². The normalized spacial score (nSPS) is 12.2. The summed E-state index contributed by atoms with van der Waals surface area (Å²) in [5, 5.41) is 15.9. The summed E-state index contributed by atoms with van der Waals surface area (Å²) in [5.74, 6) is 0.0732. The molecule has 0 aliphatic carbocycles. The molecule has 4 aromatic rings. The van der Waals surface area contributed by atoms with E-state index in [2.05, 4.69) is 26.6 Å². The van der Waals surface area contributed by atoms with Crippen molar-refractivity contribution in [3.05, 3.63) is 119 Å². The quantitative estimate of drug-likeness (QED) is 0.115. The van der Waals surface area contributed by atoms with Crippen LogP contribution in [0.5, 0.6) is 17.2 Å². The summed E-state index contributed by atoms with van der Waals surface area (Å²) >= 11 is 3.36. The summed E-state index contributed by atoms with van der Waals surface area (Å²) in [7, 11) is 1.43. The first kappa shape index (κ1) is 29.0. The smallest absolute Gasteiger partial charge is 0.412 e. The van der Waals surface area contributed by atoms with Gasteiger partial charge < -0.3 is 30.4 Å². The summed E-state index contributed by atoms with van der Waals surface area (Å²) < 4.78 is 18.1. The zero-order valence-electron chi connectivity index (χ0n) is 22.0. The predicted octanol–water partition coefficient (Wildman–Crippen LogP) is 6.68. The van der Waals surface area contributed by atoms with Crippen LogP contribution < -0.4 is 25.8 Å². The number of halogens is 1. The van der Waals surface area contributed by atoms with E-state index in [-0.39, 0.29) is 11.5 Å². The van der Waals surface area contributed by atoms with Gasteiger partial charge in [-0.3, -0.25) is 10.1 Å². The number of hydrogen-bond donors (Lipinski definition) is 4. The van der Waals surface area contributed by atoms with Gasteiger partial charge in [0, 0.05) is 21.8 Å². The first-order chi connectivity index (χ1) is 19.8. The van der Waals surface area contributed by atoms with E-state index in [9.17, 15) is 14.7 Å². The third kappa shape index (κ3) is 8.26. The molecule has 0 aliphatic heterocycles. The molecule has 0 saturated heterocycles. The van der Waals surface area contributed by atoms with Crippen molar-refractivity contribution in [2.24, 2.45) is 0 Å². The molecule has 0 heterocycles. The van der Waals surface area contributed by atoms with Gasteiger partial charge in [-0.25, -0.2) is 4.79 Å². The topological polar surface area (TPSA) is 132 Å². The lowest BCUT2D eigenvalue weighted by Crippen LogP contribution is -2.30. The van der Waals surface area contributed by atoms with Crippen LogP contribution in [0, 0.1) is 0 Å². The molecule has 5 N–H and O–H groups in total. The molecule has 0 spiro atoms. The molecule has 0 fully saturated rings. The Morgan fingerprint density at radius 2 is 1.63 bits per heavy atom. The average Bonchev–Trinajstić information content (AvgIpc) is 2.97. The Morgan fingerprint density at radius 3 is 2.32 bits per heavy atom. The van der Waals surface area contributed by atoms with Crippen molar-refractivity contribution in [1.82, 2.24) is 0 Å². The summed E-state index contributed by atoms with van der Waals surface area (Å²) in [6, 6.07) is 27.3. The lowest BCUT2D eigenvalue weighted by atomic mass is 10.0. The number of carbonyl (C=O) groups is 2. The van der Waals surface area contributed by atoms with Crippen molar-refractivity contribution in [2.75, 3.05) is 23.5 Å². The molecule has 0 aliphatic rings. The number of amides is 2. The van der Waals surface area contributed by atoms with Gasteiger partial charge in [-0.2, -0.15) is 0 Å². The van der Waals surface area contributed by atoms with E-state index in [0.29, 0.717) is 28.4 Å². The van der Waals surface area contributed by atoms with Crippen LogP contribution in [0.2, 0.25) is 0 Å². The molecule has 4 rings (SSSR count). The fraction of sp³-hybridized carbons (Fsp3) is 0.0968. The second-order valence-corrected chi connectivity index (χ2v) is 9.64. The molecule has 2 amide bonds. The van der Waals surface area contributed by atoms with Crippen LogP contribution in [-0.2, 0) is 9.53 Å². The molecule has 41 heavy (non-hydrogen) atoms. The van der Waals surface area contributed by atoms with Crippen LogP contribution in [-0.4, -0.2) is 30.3 Å². The van der Waals surface area contributed by atoms with E-state index < -0.39 is 24.2 Å². The minimum Gasteiger partial charge on any atom is -0.504 e. The van der Waals surface area contributed by atoms with Gasteiger partial charge in [0.25, 0.3) is 0 Å². The van der Waals surface area contributed by atoms with Crippen molar-refractivity contribution in [2.45, 2.75) is 12.2 Å². The lowest BCUT2D eigenvalue weighted by Gasteiger charge is -2.26. The van der Waals surface area contributed by atoms with Crippen LogP contribution in [0.25, 0.3) is 0 Å². The van der Waals surface area contributed by atoms with Crippen LogP contribution in [0.15, 0.2) is 114 Å². The Morgan fingerprint density at radius 1 is 0.927 bits per heavy atom. The van der Waals surface area contributed by atoms with Gasteiger partial charge in [-0.05, 0) is 66.7 Å². The first-order valence-electron chi connectivity index (χ1n) is 12.5. The van der Waals surface area contributed by atoms with Crippen molar-refractivity contribution < 1.29 is 28.9 Å². The number of anilines is 3. The highest BCUT2D eigenvalue weighted by molar-refractivity contribution is 9.10. The second kappa shape index (κ2) is 13.9. The third-order valence-corrected chi connectivity index (χ3v) is 6.35. The van der Waals surface area contributed by atoms with Crippen LogP contribution >= 0.6 is 15.9 Å². The first-order valence-corrected chi connectivity index (χ1v) is 13.3. The van der Waals surface area contributed by atoms with E-state index in [0.717, 1.165) is 4.47 Å². The zero-order chi connectivity index (χ0) is 29.2. The number of carbonyl (C=O) groups excluding carboxylic acids is 2. The number of benzene rings is 4. The minimum absolute atomic E-state index is 0.161. The molecular formula is C31H28BrN3O6. The second-order valence-electron chi connectivity index (χ2n) is 8.72. The van der Waals surface area contributed by atoms with Crippen molar-refractivity contribution in [1.29, 1.82) is 0 Å². The molecule has 4 aromatic carbocycles. The number of phenolic OH excluding ortho intramolecular Hbond substituents is 1. The number of nitrogens with two attached hydrogens (primary N) is 1. The molecular weight excluding hydrogens is 590 g/mol. The van der Waals surface area contributed by atoms with Gasteiger partial charge in [-0.15, -0.1) is 0 Å². The third-order valence-electron chi connectivity index (χ3n) is 5.83. The highest BCUT2D eigenvalue weighted by Gasteiger charge is 2.29. The molecule has 10 heteroatoms. The van der Waals surface area contributed by atoms with Gasteiger partial charge in [0.05, 0.1) is 18.5 Å². The Bertz CT molecular complexity index is 1510. The van der Waals surface area contributed by atoms with Gasteiger partial charge in [0.2, 0.25) is 5.91 Å². The van der Waals surface area contributed by atoms with E-state index in [4.69, 9.17) is 19.9 Å². The average molecular weight is 618 g/mol. The summed E-state index contributed by atoms with van der Waals surface area (Å²) in [6.45, 7) is 0. The molecule has 0 saturated carbocycles. The van der Waals surface area contributed by atoms with E-state index in [1.54, 1.807) is 84.9 Å². The largest absolute Gasteiger partial charge is 0.504 e. The number of aromatic hydroxyl groups is 1. The molecule has 0 bridgehead atoms. The van der Waals surface area contributed by atoms with E-state index in [1.165, 1.54) is 25.3 Å². The Hall–Kier alpha value is -4.96. The summed E-state index contributed by atoms with van der Waals surface area (Å²) in [6.07, 6.45) is -0.135. The molecule has 9 nitrogen and oxygen atoms in total. The number of phenols is 1. The maximum Gasteiger partial charge on any atom is 0.412 e. The van der Waals surface area contributed by atoms with Gasteiger partial charge >= 0.3 is 6.09 Å². The Labute approximate surface area is 245 Å². The van der Waals surface area contributed by atoms with Gasteiger partial charge in [0.15, 0.2) is 23.7 Å². The lowest BCUT2D eigenvalue weighted by molar-refractivity contribution is -0.112. The Kier molecular flexibility index (Phi) is 9.85. The SMILES string of the molecule is COc1ccc([C@H](OC(=O)Nc2ccc(Br)cc2)[C@H](/C=C/C(=O)Nc2ccccc2N)Oc2ccccc2)cc1O. The molecule has 0 aromatic heterocycles. The van der Waals surface area contributed by atoms with Gasteiger partial charge in [0.1, 0.15) is 5.75 Å². The fourth-order valence-electron chi connectivity index (χ4n) is 3.83. The summed E-state index contributed by atoms with van der Waals surface area (Å²) in [4.78, 5) is 25.9. The molecule has 2 atom stereocenters. The highest BCUT2D eigenvalue weighted by atomic mass is 79.9. The highest BCUT2D eigenvalue weighted by Crippen LogP contribution is 2.34. The van der Waals surface area contributed by atoms with Crippen LogP contribution in [0.3, 0.4) is 0 Å². The molecule has 210 valence electrons. The van der Waals surface area contributed by atoms with Gasteiger partial charge in [-0.1, -0.05) is 52.3 Å². The van der Waals surface area contributed by atoms with Crippen molar-refractivity contribution in [3.63, 3.8) is 0 Å².